The highest BCUT2D eigenvalue weighted by atomic mass is 32.1. The molecule has 0 fully saturated rings. The number of hydrogen-bond acceptors (Lipinski definition) is 6. The van der Waals surface area contributed by atoms with E-state index in [2.05, 4.69) is 9.97 Å². The Morgan fingerprint density at radius 2 is 1.84 bits per heavy atom. The van der Waals surface area contributed by atoms with Gasteiger partial charge in [-0.15, -0.1) is 11.3 Å². The summed E-state index contributed by atoms with van der Waals surface area (Å²) in [6, 6.07) is 8.38. The summed E-state index contributed by atoms with van der Waals surface area (Å²) in [5.74, 6) is -0.545. The summed E-state index contributed by atoms with van der Waals surface area (Å²) in [6.45, 7) is 3.80. The molecule has 0 aliphatic rings. The highest BCUT2D eigenvalue weighted by Gasteiger charge is 2.30. The maximum atomic E-state index is 12.8. The van der Waals surface area contributed by atoms with Crippen LogP contribution in [0.4, 0.5) is 13.2 Å². The molecule has 166 valence electrons. The second kappa shape index (κ2) is 8.27. The molecule has 4 aromatic rings. The van der Waals surface area contributed by atoms with Crippen molar-refractivity contribution in [2.24, 2.45) is 0 Å². The van der Waals surface area contributed by atoms with Crippen LogP contribution in [0.5, 0.6) is 5.75 Å². The van der Waals surface area contributed by atoms with Crippen LogP contribution in [0.15, 0.2) is 40.8 Å². The minimum Gasteiger partial charge on any atom is -0.484 e. The largest absolute Gasteiger partial charge is 0.484 e. The molecule has 0 bridgehead atoms. The molecule has 0 atom stereocenters. The maximum absolute atomic E-state index is 12.8. The molecule has 4 rings (SSSR count). The number of benzene rings is 2. The lowest BCUT2D eigenvalue weighted by atomic mass is 10.1. The van der Waals surface area contributed by atoms with Crippen molar-refractivity contribution in [3.05, 3.63) is 64.0 Å². The zero-order valence-electron chi connectivity index (χ0n) is 17.0. The number of oxazole rings is 1. The predicted molar refractivity (Wildman–Crippen MR) is 112 cm³/mol. The van der Waals surface area contributed by atoms with E-state index >= 15 is 0 Å². The smallest absolute Gasteiger partial charge is 0.416 e. The molecule has 0 saturated heterocycles. The van der Waals surface area contributed by atoms with Crippen LogP contribution < -0.4 is 4.74 Å². The van der Waals surface area contributed by atoms with Gasteiger partial charge in [0.2, 0.25) is 5.89 Å². The van der Waals surface area contributed by atoms with Crippen molar-refractivity contribution in [3.63, 3.8) is 0 Å². The lowest BCUT2D eigenvalue weighted by Crippen LogP contribution is -2.03. The third-order valence-corrected chi connectivity index (χ3v) is 5.95. The van der Waals surface area contributed by atoms with Gasteiger partial charge in [-0.2, -0.15) is 13.2 Å². The van der Waals surface area contributed by atoms with E-state index in [9.17, 15) is 18.0 Å². The molecule has 0 aliphatic heterocycles. The summed E-state index contributed by atoms with van der Waals surface area (Å²) in [5.41, 5.74) is 2.31. The van der Waals surface area contributed by atoms with E-state index < -0.39 is 17.7 Å². The summed E-state index contributed by atoms with van der Waals surface area (Å²) in [4.78, 5) is 20.5. The van der Waals surface area contributed by atoms with E-state index in [1.807, 2.05) is 6.92 Å². The molecular weight excluding hydrogens is 445 g/mol. The maximum Gasteiger partial charge on any atom is 0.416 e. The standard InChI is InChI=1S/C22H17F3N2O4S/c1-11-3-8-15(20-19(11)27-17(31-20)9-18(28)29)30-10-16-12(2)26-21(32-16)13-4-6-14(7-5-13)22(23,24)25/h3-8H,9-10H2,1-2H3,(H,28,29). The Morgan fingerprint density at radius 3 is 2.50 bits per heavy atom. The van der Waals surface area contributed by atoms with E-state index in [1.54, 1.807) is 19.1 Å². The van der Waals surface area contributed by atoms with E-state index in [-0.39, 0.29) is 18.9 Å². The number of rotatable bonds is 6. The van der Waals surface area contributed by atoms with Gasteiger partial charge in [-0.05, 0) is 37.6 Å². The van der Waals surface area contributed by atoms with Crippen LogP contribution in [0.25, 0.3) is 21.7 Å². The molecule has 2 aromatic carbocycles. The number of aromatic nitrogens is 2. The van der Waals surface area contributed by atoms with Gasteiger partial charge in [0.25, 0.3) is 0 Å². The molecule has 10 heteroatoms. The molecule has 2 heterocycles. The molecule has 0 radical (unpaired) electrons. The summed E-state index contributed by atoms with van der Waals surface area (Å²) >= 11 is 1.33. The highest BCUT2D eigenvalue weighted by molar-refractivity contribution is 7.15. The molecule has 0 saturated carbocycles. The average Bonchev–Trinajstić information content (AvgIpc) is 3.31. The van der Waals surface area contributed by atoms with Gasteiger partial charge in [0, 0.05) is 5.56 Å². The fourth-order valence-corrected chi connectivity index (χ4v) is 4.08. The number of halogens is 3. The summed E-state index contributed by atoms with van der Waals surface area (Å²) in [5, 5.41) is 9.56. The lowest BCUT2D eigenvalue weighted by Gasteiger charge is -2.06. The van der Waals surface area contributed by atoms with E-state index in [0.29, 0.717) is 33.1 Å². The van der Waals surface area contributed by atoms with Gasteiger partial charge in [-0.1, -0.05) is 18.2 Å². The van der Waals surface area contributed by atoms with Gasteiger partial charge < -0.3 is 14.3 Å². The molecule has 1 N–H and O–H groups in total. The Hall–Kier alpha value is -3.40. The molecule has 6 nitrogen and oxygen atoms in total. The fraction of sp³-hybridized carbons (Fsp3) is 0.227. The summed E-state index contributed by atoms with van der Waals surface area (Å²) in [6.07, 6.45) is -4.72. The third kappa shape index (κ3) is 4.45. The molecule has 2 aromatic heterocycles. The monoisotopic (exact) mass is 462 g/mol. The first-order valence-electron chi connectivity index (χ1n) is 9.49. The van der Waals surface area contributed by atoms with Crippen LogP contribution in [0.3, 0.4) is 0 Å². The van der Waals surface area contributed by atoms with Crippen LogP contribution >= 0.6 is 11.3 Å². The van der Waals surface area contributed by atoms with Crippen LogP contribution in [0.1, 0.15) is 27.6 Å². The first-order chi connectivity index (χ1) is 15.1. The first-order valence-corrected chi connectivity index (χ1v) is 10.3. The Morgan fingerprint density at radius 1 is 1.12 bits per heavy atom. The fourth-order valence-electron chi connectivity index (χ4n) is 3.10. The normalized spacial score (nSPS) is 11.8. The minimum absolute atomic E-state index is 0.0882. The van der Waals surface area contributed by atoms with Crippen LogP contribution in [-0.2, 0) is 24.0 Å². The second-order valence-corrected chi connectivity index (χ2v) is 8.21. The van der Waals surface area contributed by atoms with Crippen molar-refractivity contribution < 1.29 is 32.2 Å². The van der Waals surface area contributed by atoms with Crippen LogP contribution in [0, 0.1) is 13.8 Å². The van der Waals surface area contributed by atoms with Gasteiger partial charge in [0.05, 0.1) is 16.1 Å². The number of carboxylic acids is 1. The topological polar surface area (TPSA) is 85.5 Å². The minimum atomic E-state index is -4.39. The lowest BCUT2D eigenvalue weighted by molar-refractivity contribution is -0.138. The zero-order chi connectivity index (χ0) is 23.0. The van der Waals surface area contributed by atoms with Crippen molar-refractivity contribution in [1.82, 2.24) is 9.97 Å². The van der Waals surface area contributed by atoms with Gasteiger partial charge in [0.15, 0.2) is 11.3 Å². The van der Waals surface area contributed by atoms with Gasteiger partial charge >= 0.3 is 12.1 Å². The van der Waals surface area contributed by atoms with E-state index in [4.69, 9.17) is 14.3 Å². The van der Waals surface area contributed by atoms with Gasteiger partial charge in [0.1, 0.15) is 23.6 Å². The number of nitrogens with zero attached hydrogens (tertiary/aromatic N) is 2. The quantitative estimate of drug-likeness (QED) is 0.390. The molecular formula is C22H17F3N2O4S. The predicted octanol–water partition coefficient (Wildman–Crippen LogP) is 5.79. The van der Waals surface area contributed by atoms with E-state index in [0.717, 1.165) is 22.6 Å². The number of aryl methyl sites for hydroxylation is 2. The number of ether oxygens (including phenoxy) is 1. The summed E-state index contributed by atoms with van der Waals surface area (Å²) in [7, 11) is 0. The number of fused-ring (bicyclic) bond motifs is 1. The Balaban J connectivity index is 1.55. The molecule has 0 spiro atoms. The SMILES string of the molecule is Cc1nc(-c2ccc(C(F)(F)F)cc2)sc1COc1ccc(C)c2nc(CC(=O)O)oc12. The van der Waals surface area contributed by atoms with E-state index in [1.165, 1.54) is 23.5 Å². The van der Waals surface area contributed by atoms with Gasteiger partial charge in [-0.3, -0.25) is 4.79 Å². The second-order valence-electron chi connectivity index (χ2n) is 7.13. The van der Waals surface area contributed by atoms with Crippen molar-refractivity contribution in [2.45, 2.75) is 33.1 Å². The zero-order valence-corrected chi connectivity index (χ0v) is 17.8. The number of aliphatic carboxylic acids is 1. The van der Waals surface area contributed by atoms with Crippen molar-refractivity contribution in [2.75, 3.05) is 0 Å². The molecule has 0 amide bonds. The molecule has 0 unspecified atom stereocenters. The number of carboxylic acid groups (broad SMARTS) is 1. The average molecular weight is 462 g/mol. The third-order valence-electron chi connectivity index (χ3n) is 4.77. The number of thiazole rings is 1. The van der Waals surface area contributed by atoms with Gasteiger partial charge in [-0.25, -0.2) is 9.97 Å². The van der Waals surface area contributed by atoms with Crippen molar-refractivity contribution >= 4 is 28.4 Å². The first kappa shape index (κ1) is 21.8. The summed E-state index contributed by atoms with van der Waals surface area (Å²) < 4.78 is 49.9. The van der Waals surface area contributed by atoms with Crippen LogP contribution in [-0.4, -0.2) is 21.0 Å². The number of carbonyl (C=O) groups is 1. The van der Waals surface area contributed by atoms with Crippen molar-refractivity contribution in [3.8, 4) is 16.3 Å². The molecule has 32 heavy (non-hydrogen) atoms. The molecule has 0 aliphatic carbocycles. The Bertz CT molecular complexity index is 1290. The Labute approximate surface area is 184 Å². The number of hydrogen-bond donors (Lipinski definition) is 1. The highest BCUT2D eigenvalue weighted by Crippen LogP contribution is 2.34. The van der Waals surface area contributed by atoms with Crippen molar-refractivity contribution in [1.29, 1.82) is 0 Å². The number of alkyl halides is 3. The Kier molecular flexibility index (Phi) is 5.64. The van der Waals surface area contributed by atoms with Crippen LogP contribution in [0.2, 0.25) is 0 Å².